The van der Waals surface area contributed by atoms with Gasteiger partial charge in [0.15, 0.2) is 0 Å². The molecule has 0 spiro atoms. The Bertz CT molecular complexity index is 518. The van der Waals surface area contributed by atoms with Gasteiger partial charge in [-0.2, -0.15) is 0 Å². The number of aromatic nitrogens is 2. The lowest BCUT2D eigenvalue weighted by Gasteiger charge is -2.35. The molecule has 2 N–H and O–H groups in total. The highest BCUT2D eigenvalue weighted by molar-refractivity contribution is 7.17. The molecule has 1 saturated carbocycles. The van der Waals surface area contributed by atoms with Gasteiger partial charge in [0.1, 0.15) is 12.1 Å². The molecule has 1 aliphatic carbocycles. The molecular weight excluding hydrogens is 232 g/mol. The minimum atomic E-state index is 0.417. The summed E-state index contributed by atoms with van der Waals surface area (Å²) in [5.74, 6) is 1.77. The van der Waals surface area contributed by atoms with Crippen LogP contribution in [0.4, 0.5) is 5.82 Å². The summed E-state index contributed by atoms with van der Waals surface area (Å²) in [7, 11) is 2.10. The lowest BCUT2D eigenvalue weighted by molar-refractivity contribution is 0.271. The van der Waals surface area contributed by atoms with Gasteiger partial charge in [0, 0.05) is 19.6 Å². The van der Waals surface area contributed by atoms with Crippen LogP contribution >= 0.6 is 11.3 Å². The van der Waals surface area contributed by atoms with E-state index in [0.29, 0.717) is 6.04 Å². The van der Waals surface area contributed by atoms with E-state index in [1.54, 1.807) is 17.7 Å². The van der Waals surface area contributed by atoms with Crippen LogP contribution in [0.5, 0.6) is 0 Å². The first-order chi connectivity index (χ1) is 8.24. The number of rotatable bonds is 3. The number of nitrogens with two attached hydrogens (primary N) is 1. The van der Waals surface area contributed by atoms with Crippen LogP contribution in [-0.4, -0.2) is 29.6 Å². The Hall–Kier alpha value is -1.20. The largest absolute Gasteiger partial charge is 0.358 e. The highest BCUT2D eigenvalue weighted by atomic mass is 32.1. The molecule has 0 radical (unpaired) electrons. The van der Waals surface area contributed by atoms with Gasteiger partial charge in [0.05, 0.1) is 10.2 Å². The highest BCUT2D eigenvalue weighted by Gasteiger charge is 2.27. The molecule has 3 rings (SSSR count). The Morgan fingerprint density at radius 1 is 1.47 bits per heavy atom. The summed E-state index contributed by atoms with van der Waals surface area (Å²) in [6.07, 6.45) is 3.93. The first kappa shape index (κ1) is 10.9. The molecule has 1 aliphatic rings. The molecule has 0 saturated heterocycles. The average Bonchev–Trinajstić information content (AvgIpc) is 2.74. The number of thiophene rings is 1. The van der Waals surface area contributed by atoms with Crippen molar-refractivity contribution in [3.63, 3.8) is 0 Å². The van der Waals surface area contributed by atoms with E-state index in [2.05, 4.69) is 27.3 Å². The summed E-state index contributed by atoms with van der Waals surface area (Å²) in [5, 5.41) is 2.07. The van der Waals surface area contributed by atoms with E-state index in [-0.39, 0.29) is 0 Å². The van der Waals surface area contributed by atoms with Gasteiger partial charge in [-0.1, -0.05) is 0 Å². The number of hydrogen-bond donors (Lipinski definition) is 1. The van der Waals surface area contributed by atoms with Gasteiger partial charge >= 0.3 is 0 Å². The molecule has 0 unspecified atom stereocenters. The van der Waals surface area contributed by atoms with Gasteiger partial charge in [-0.25, -0.2) is 9.97 Å². The summed E-state index contributed by atoms with van der Waals surface area (Å²) < 4.78 is 1.18. The second kappa shape index (κ2) is 4.23. The van der Waals surface area contributed by atoms with Crippen LogP contribution in [0.1, 0.15) is 12.8 Å². The molecule has 4 nitrogen and oxygen atoms in total. The van der Waals surface area contributed by atoms with Gasteiger partial charge in [-0.05, 0) is 30.2 Å². The second-order valence-corrected chi connectivity index (χ2v) is 5.73. The third-order valence-electron chi connectivity index (χ3n) is 3.39. The summed E-state index contributed by atoms with van der Waals surface area (Å²) >= 11 is 1.70. The van der Waals surface area contributed by atoms with Crippen LogP contribution in [-0.2, 0) is 0 Å². The van der Waals surface area contributed by atoms with E-state index in [1.807, 2.05) is 6.07 Å². The maximum absolute atomic E-state index is 5.82. The fraction of sp³-hybridized carbons (Fsp3) is 0.500. The Morgan fingerprint density at radius 3 is 3.06 bits per heavy atom. The molecule has 2 aromatic heterocycles. The summed E-state index contributed by atoms with van der Waals surface area (Å²) in [6, 6.07) is 2.46. The fourth-order valence-electron chi connectivity index (χ4n) is 2.46. The molecule has 90 valence electrons. The van der Waals surface area contributed by atoms with Gasteiger partial charge in [-0.15, -0.1) is 11.3 Å². The lowest BCUT2D eigenvalue weighted by Crippen LogP contribution is -2.42. The van der Waals surface area contributed by atoms with Crippen LogP contribution in [0.3, 0.4) is 0 Å². The highest BCUT2D eigenvalue weighted by Crippen LogP contribution is 2.31. The van der Waals surface area contributed by atoms with E-state index in [9.17, 15) is 0 Å². The third kappa shape index (κ3) is 2.00. The van der Waals surface area contributed by atoms with Gasteiger partial charge in [0.2, 0.25) is 0 Å². The molecule has 2 heterocycles. The smallest absolute Gasteiger partial charge is 0.149 e. The van der Waals surface area contributed by atoms with Gasteiger partial charge in [-0.3, -0.25) is 0 Å². The average molecular weight is 248 g/mol. The van der Waals surface area contributed by atoms with E-state index < -0.39 is 0 Å². The van der Waals surface area contributed by atoms with Crippen molar-refractivity contribution in [2.75, 3.05) is 18.5 Å². The molecule has 5 heteroatoms. The Kier molecular flexibility index (Phi) is 2.72. The molecular formula is C12H16N4S. The quantitative estimate of drug-likeness (QED) is 0.901. The normalized spacial score (nSPS) is 23.6. The first-order valence-corrected chi connectivity index (χ1v) is 6.77. The van der Waals surface area contributed by atoms with Crippen molar-refractivity contribution in [3.8, 4) is 0 Å². The standard InChI is InChI=1S/C12H16N4S/c1-16(6-8-4-9(13)5-8)12-11-10(2-3-17-11)14-7-15-12/h2-3,7-9H,4-6,13H2,1H3. The molecule has 1 fully saturated rings. The molecule has 0 aromatic carbocycles. The van der Waals surface area contributed by atoms with Crippen LogP contribution < -0.4 is 10.6 Å². The summed E-state index contributed by atoms with van der Waals surface area (Å²) in [4.78, 5) is 10.9. The van der Waals surface area contributed by atoms with Crippen molar-refractivity contribution in [2.24, 2.45) is 11.7 Å². The van der Waals surface area contributed by atoms with Crippen molar-refractivity contribution < 1.29 is 0 Å². The van der Waals surface area contributed by atoms with Crippen LogP contribution in [0.25, 0.3) is 10.2 Å². The zero-order valence-electron chi connectivity index (χ0n) is 9.84. The monoisotopic (exact) mass is 248 g/mol. The molecule has 0 amide bonds. The van der Waals surface area contributed by atoms with E-state index in [0.717, 1.165) is 36.6 Å². The Morgan fingerprint density at radius 2 is 2.29 bits per heavy atom. The second-order valence-electron chi connectivity index (χ2n) is 4.81. The molecule has 0 aliphatic heterocycles. The summed E-state index contributed by atoms with van der Waals surface area (Å²) in [6.45, 7) is 1.04. The molecule has 2 aromatic rings. The van der Waals surface area contributed by atoms with Crippen molar-refractivity contribution in [2.45, 2.75) is 18.9 Å². The fourth-order valence-corrected chi connectivity index (χ4v) is 3.35. The number of fused-ring (bicyclic) bond motifs is 1. The van der Waals surface area contributed by atoms with Crippen molar-refractivity contribution in [3.05, 3.63) is 17.8 Å². The zero-order chi connectivity index (χ0) is 11.8. The Labute approximate surface area is 104 Å². The lowest BCUT2D eigenvalue weighted by atomic mass is 9.80. The van der Waals surface area contributed by atoms with Gasteiger partial charge < -0.3 is 10.6 Å². The number of nitrogens with zero attached hydrogens (tertiary/aromatic N) is 3. The van der Waals surface area contributed by atoms with Crippen molar-refractivity contribution >= 4 is 27.4 Å². The van der Waals surface area contributed by atoms with Gasteiger partial charge in [0.25, 0.3) is 0 Å². The van der Waals surface area contributed by atoms with Crippen LogP contribution in [0, 0.1) is 5.92 Å². The van der Waals surface area contributed by atoms with Crippen LogP contribution in [0.15, 0.2) is 17.8 Å². The molecule has 17 heavy (non-hydrogen) atoms. The Balaban J connectivity index is 1.80. The van der Waals surface area contributed by atoms with E-state index >= 15 is 0 Å². The number of anilines is 1. The predicted molar refractivity (Wildman–Crippen MR) is 71.4 cm³/mol. The minimum absolute atomic E-state index is 0.417. The van der Waals surface area contributed by atoms with Crippen molar-refractivity contribution in [1.82, 2.24) is 9.97 Å². The third-order valence-corrected chi connectivity index (χ3v) is 4.29. The maximum Gasteiger partial charge on any atom is 0.149 e. The maximum atomic E-state index is 5.82. The molecule has 0 atom stereocenters. The number of hydrogen-bond acceptors (Lipinski definition) is 5. The minimum Gasteiger partial charge on any atom is -0.358 e. The van der Waals surface area contributed by atoms with Crippen LogP contribution in [0.2, 0.25) is 0 Å². The van der Waals surface area contributed by atoms with Crippen molar-refractivity contribution in [1.29, 1.82) is 0 Å². The summed E-state index contributed by atoms with van der Waals surface area (Å²) in [5.41, 5.74) is 6.85. The SMILES string of the molecule is CN(CC1CC(N)C1)c1ncnc2ccsc12. The molecule has 0 bridgehead atoms. The zero-order valence-corrected chi connectivity index (χ0v) is 10.7. The topological polar surface area (TPSA) is 55.0 Å². The van der Waals surface area contributed by atoms with E-state index in [4.69, 9.17) is 5.73 Å². The predicted octanol–water partition coefficient (Wildman–Crippen LogP) is 1.86. The van der Waals surface area contributed by atoms with E-state index in [1.165, 1.54) is 4.70 Å². The first-order valence-electron chi connectivity index (χ1n) is 5.89.